The van der Waals surface area contributed by atoms with Crippen molar-refractivity contribution >= 4 is 11.5 Å². The van der Waals surface area contributed by atoms with E-state index in [4.69, 9.17) is 5.73 Å². The average Bonchev–Trinajstić information content (AvgIpc) is 2.30. The maximum absolute atomic E-state index is 10.4. The van der Waals surface area contributed by atoms with Crippen LogP contribution in [0.4, 0.5) is 11.5 Å². The Bertz CT molecular complexity index is 318. The molecule has 6 heteroatoms. The van der Waals surface area contributed by atoms with E-state index >= 15 is 0 Å². The van der Waals surface area contributed by atoms with Gasteiger partial charge in [0.2, 0.25) is 0 Å². The lowest BCUT2D eigenvalue weighted by Gasteiger charge is -1.90. The highest BCUT2D eigenvalue weighted by Crippen LogP contribution is 2.22. The standard InChI is InChI=1S/C6H10N4O2/c1-3-9-4(2)5(7)6(8-9)10(11)12/h3,7H2,1-2H3. The minimum absolute atomic E-state index is 0.154. The van der Waals surface area contributed by atoms with Gasteiger partial charge in [0.05, 0.1) is 17.3 Å². The lowest BCUT2D eigenvalue weighted by molar-refractivity contribution is -0.388. The normalized spacial score (nSPS) is 10.2. The van der Waals surface area contributed by atoms with E-state index < -0.39 is 4.92 Å². The SMILES string of the molecule is CCn1nc([N+](=O)[O-])c(N)c1C. The molecular weight excluding hydrogens is 160 g/mol. The molecule has 0 unspecified atom stereocenters. The third-order valence-electron chi connectivity index (χ3n) is 1.71. The molecule has 12 heavy (non-hydrogen) atoms. The maximum atomic E-state index is 10.4. The number of hydrogen-bond donors (Lipinski definition) is 1. The van der Waals surface area contributed by atoms with E-state index in [9.17, 15) is 10.1 Å². The molecule has 1 heterocycles. The first-order chi connectivity index (χ1) is 5.57. The van der Waals surface area contributed by atoms with E-state index in [2.05, 4.69) is 5.10 Å². The first-order valence-electron chi connectivity index (χ1n) is 3.55. The van der Waals surface area contributed by atoms with Gasteiger partial charge in [-0.25, -0.2) is 0 Å². The molecule has 0 spiro atoms. The molecule has 0 amide bonds. The molecule has 1 aromatic heterocycles. The van der Waals surface area contributed by atoms with Crippen LogP contribution in [0, 0.1) is 17.0 Å². The van der Waals surface area contributed by atoms with Crippen molar-refractivity contribution in [2.45, 2.75) is 20.4 Å². The van der Waals surface area contributed by atoms with Crippen LogP contribution in [-0.4, -0.2) is 14.7 Å². The predicted octanol–water partition coefficient (Wildman–Crippen LogP) is 0.702. The van der Waals surface area contributed by atoms with Crippen LogP contribution in [-0.2, 0) is 6.54 Å². The smallest absolute Gasteiger partial charge is 0.390 e. The van der Waals surface area contributed by atoms with Gasteiger partial charge in [0, 0.05) is 0 Å². The van der Waals surface area contributed by atoms with E-state index in [1.165, 1.54) is 4.68 Å². The highest BCUT2D eigenvalue weighted by molar-refractivity contribution is 5.56. The molecule has 0 atom stereocenters. The summed E-state index contributed by atoms with van der Waals surface area (Å²) >= 11 is 0. The first-order valence-corrected chi connectivity index (χ1v) is 3.55. The molecular formula is C6H10N4O2. The molecule has 1 aromatic rings. The summed E-state index contributed by atoms with van der Waals surface area (Å²) in [5, 5.41) is 14.1. The number of aromatic nitrogens is 2. The van der Waals surface area contributed by atoms with Crippen molar-refractivity contribution in [2.75, 3.05) is 5.73 Å². The lowest BCUT2D eigenvalue weighted by Crippen LogP contribution is -1.99. The Labute approximate surface area is 69.1 Å². The van der Waals surface area contributed by atoms with Crippen molar-refractivity contribution in [1.82, 2.24) is 9.78 Å². The van der Waals surface area contributed by atoms with Gasteiger partial charge in [-0.1, -0.05) is 0 Å². The van der Waals surface area contributed by atoms with Gasteiger partial charge >= 0.3 is 5.82 Å². The zero-order valence-corrected chi connectivity index (χ0v) is 6.94. The van der Waals surface area contributed by atoms with Crippen LogP contribution < -0.4 is 5.73 Å². The van der Waals surface area contributed by atoms with Gasteiger partial charge < -0.3 is 15.8 Å². The number of anilines is 1. The van der Waals surface area contributed by atoms with Crippen LogP contribution in [0.5, 0.6) is 0 Å². The summed E-state index contributed by atoms with van der Waals surface area (Å²) in [5.41, 5.74) is 6.25. The number of rotatable bonds is 2. The fourth-order valence-corrected chi connectivity index (χ4v) is 0.987. The van der Waals surface area contributed by atoms with Crippen molar-refractivity contribution in [3.8, 4) is 0 Å². The Balaban J connectivity index is 3.25. The van der Waals surface area contributed by atoms with Crippen LogP contribution in [0.3, 0.4) is 0 Å². The Morgan fingerprint density at radius 3 is 2.58 bits per heavy atom. The molecule has 2 N–H and O–H groups in total. The van der Waals surface area contributed by atoms with Gasteiger partial charge in [0.25, 0.3) is 0 Å². The largest absolute Gasteiger partial charge is 0.413 e. The number of nitro groups is 1. The Hall–Kier alpha value is -1.59. The maximum Gasteiger partial charge on any atom is 0.413 e. The number of nitrogens with zero attached hydrogens (tertiary/aromatic N) is 3. The van der Waals surface area contributed by atoms with Gasteiger partial charge in [-0.2, -0.15) is 4.68 Å². The van der Waals surface area contributed by atoms with Gasteiger partial charge in [0.1, 0.15) is 0 Å². The van der Waals surface area contributed by atoms with Crippen LogP contribution in [0.2, 0.25) is 0 Å². The topological polar surface area (TPSA) is 87.0 Å². The average molecular weight is 170 g/mol. The molecule has 66 valence electrons. The summed E-state index contributed by atoms with van der Waals surface area (Å²) in [6.45, 7) is 4.14. The predicted molar refractivity (Wildman–Crippen MR) is 43.7 cm³/mol. The Kier molecular flexibility index (Phi) is 1.99. The van der Waals surface area contributed by atoms with Crippen molar-refractivity contribution in [1.29, 1.82) is 0 Å². The zero-order chi connectivity index (χ0) is 9.30. The number of nitrogens with two attached hydrogens (primary N) is 1. The second-order valence-corrected chi connectivity index (χ2v) is 2.40. The summed E-state index contributed by atoms with van der Waals surface area (Å²) in [4.78, 5) is 9.78. The molecule has 0 fully saturated rings. The highest BCUT2D eigenvalue weighted by Gasteiger charge is 2.21. The van der Waals surface area contributed by atoms with Crippen LogP contribution in [0.1, 0.15) is 12.6 Å². The molecule has 1 rings (SSSR count). The highest BCUT2D eigenvalue weighted by atomic mass is 16.6. The van der Waals surface area contributed by atoms with Gasteiger partial charge in [-0.15, -0.1) is 0 Å². The number of aryl methyl sites for hydroxylation is 1. The zero-order valence-electron chi connectivity index (χ0n) is 6.94. The van der Waals surface area contributed by atoms with E-state index in [-0.39, 0.29) is 11.5 Å². The van der Waals surface area contributed by atoms with E-state index in [1.54, 1.807) is 6.92 Å². The van der Waals surface area contributed by atoms with Crippen molar-refractivity contribution < 1.29 is 4.92 Å². The van der Waals surface area contributed by atoms with Gasteiger partial charge in [-0.05, 0) is 18.8 Å². The summed E-state index contributed by atoms with van der Waals surface area (Å²) < 4.78 is 1.51. The summed E-state index contributed by atoms with van der Waals surface area (Å²) in [5.74, 6) is -0.255. The molecule has 0 bridgehead atoms. The molecule has 0 aliphatic rings. The summed E-state index contributed by atoms with van der Waals surface area (Å²) in [6, 6.07) is 0. The van der Waals surface area contributed by atoms with Gasteiger partial charge in [-0.3, -0.25) is 0 Å². The van der Waals surface area contributed by atoms with E-state index in [1.807, 2.05) is 6.92 Å². The number of nitrogen functional groups attached to an aromatic ring is 1. The van der Waals surface area contributed by atoms with Crippen LogP contribution >= 0.6 is 0 Å². The van der Waals surface area contributed by atoms with Crippen molar-refractivity contribution in [3.05, 3.63) is 15.8 Å². The molecule has 6 nitrogen and oxygen atoms in total. The summed E-state index contributed by atoms with van der Waals surface area (Å²) in [7, 11) is 0. The summed E-state index contributed by atoms with van der Waals surface area (Å²) in [6.07, 6.45) is 0. The third-order valence-corrected chi connectivity index (χ3v) is 1.71. The van der Waals surface area contributed by atoms with Crippen molar-refractivity contribution in [2.24, 2.45) is 0 Å². The molecule has 0 aliphatic heterocycles. The minimum atomic E-state index is -0.575. The minimum Gasteiger partial charge on any atom is -0.390 e. The monoisotopic (exact) mass is 170 g/mol. The van der Waals surface area contributed by atoms with E-state index in [0.717, 1.165) is 0 Å². The molecule has 0 saturated heterocycles. The molecule has 0 radical (unpaired) electrons. The fourth-order valence-electron chi connectivity index (χ4n) is 0.987. The Morgan fingerprint density at radius 2 is 2.33 bits per heavy atom. The second-order valence-electron chi connectivity index (χ2n) is 2.40. The lowest BCUT2D eigenvalue weighted by atomic mass is 10.4. The fraction of sp³-hybridized carbons (Fsp3) is 0.500. The second kappa shape index (κ2) is 2.80. The third kappa shape index (κ3) is 1.11. The van der Waals surface area contributed by atoms with E-state index in [0.29, 0.717) is 12.2 Å². The Morgan fingerprint density at radius 1 is 1.75 bits per heavy atom. The molecule has 0 aromatic carbocycles. The molecule has 0 saturated carbocycles. The van der Waals surface area contributed by atoms with Crippen LogP contribution in [0.25, 0.3) is 0 Å². The quantitative estimate of drug-likeness (QED) is 0.522. The van der Waals surface area contributed by atoms with Gasteiger partial charge in [0.15, 0.2) is 5.69 Å². The first kappa shape index (κ1) is 8.51. The number of hydrogen-bond acceptors (Lipinski definition) is 4. The van der Waals surface area contributed by atoms with Crippen LogP contribution in [0.15, 0.2) is 0 Å². The van der Waals surface area contributed by atoms with Crippen molar-refractivity contribution in [3.63, 3.8) is 0 Å². The molecule has 0 aliphatic carbocycles.